The molecular formula is C17H22N2O2. The van der Waals surface area contributed by atoms with Crippen molar-refractivity contribution in [2.24, 2.45) is 5.41 Å². The van der Waals surface area contributed by atoms with E-state index in [1.54, 1.807) is 6.20 Å². The summed E-state index contributed by atoms with van der Waals surface area (Å²) < 4.78 is 0. The standard InChI is InChI=1S/C17H22N2O2/c1-17(2,3)11-13(10-15(20)21)19-16-14-7-5-4-6-12(14)8-9-18-16/h4-9,13H,10-11H2,1-3H3,(H,18,19)(H,20,21). The first-order valence-electron chi connectivity index (χ1n) is 7.17. The van der Waals surface area contributed by atoms with Crippen LogP contribution in [0, 0.1) is 5.41 Å². The van der Waals surface area contributed by atoms with Crippen LogP contribution in [-0.2, 0) is 4.79 Å². The first kappa shape index (κ1) is 15.3. The van der Waals surface area contributed by atoms with Crippen LogP contribution in [0.25, 0.3) is 10.8 Å². The van der Waals surface area contributed by atoms with Crippen LogP contribution in [0.4, 0.5) is 5.82 Å². The summed E-state index contributed by atoms with van der Waals surface area (Å²) in [6.45, 7) is 6.33. The van der Waals surface area contributed by atoms with Gasteiger partial charge in [-0.2, -0.15) is 0 Å². The number of carboxylic acids is 1. The van der Waals surface area contributed by atoms with E-state index in [9.17, 15) is 4.79 Å². The summed E-state index contributed by atoms with van der Waals surface area (Å²) in [6.07, 6.45) is 2.60. The predicted molar refractivity (Wildman–Crippen MR) is 85.5 cm³/mol. The summed E-state index contributed by atoms with van der Waals surface area (Å²) in [7, 11) is 0. The first-order chi connectivity index (χ1) is 9.85. The van der Waals surface area contributed by atoms with Gasteiger partial charge in [0.05, 0.1) is 6.42 Å². The number of carbonyl (C=O) groups is 1. The Morgan fingerprint density at radius 3 is 2.67 bits per heavy atom. The normalized spacial score (nSPS) is 13.1. The number of nitrogens with zero attached hydrogens (tertiary/aromatic N) is 1. The second kappa shape index (κ2) is 6.12. The van der Waals surface area contributed by atoms with Gasteiger partial charge < -0.3 is 10.4 Å². The average molecular weight is 286 g/mol. The van der Waals surface area contributed by atoms with E-state index in [0.717, 1.165) is 23.0 Å². The number of hydrogen-bond acceptors (Lipinski definition) is 3. The molecule has 21 heavy (non-hydrogen) atoms. The molecule has 0 spiro atoms. The van der Waals surface area contributed by atoms with Crippen molar-refractivity contribution in [3.63, 3.8) is 0 Å². The van der Waals surface area contributed by atoms with Crippen molar-refractivity contribution in [3.8, 4) is 0 Å². The van der Waals surface area contributed by atoms with Gasteiger partial charge in [0.25, 0.3) is 0 Å². The lowest BCUT2D eigenvalue weighted by molar-refractivity contribution is -0.137. The van der Waals surface area contributed by atoms with Gasteiger partial charge in [-0.3, -0.25) is 4.79 Å². The van der Waals surface area contributed by atoms with Gasteiger partial charge in [-0.25, -0.2) is 4.98 Å². The molecule has 0 saturated heterocycles. The minimum absolute atomic E-state index is 0.0533. The minimum Gasteiger partial charge on any atom is -0.481 e. The maximum Gasteiger partial charge on any atom is 0.305 e. The highest BCUT2D eigenvalue weighted by Crippen LogP contribution is 2.27. The van der Waals surface area contributed by atoms with Crippen molar-refractivity contribution in [1.82, 2.24) is 4.98 Å². The van der Waals surface area contributed by atoms with Crippen LogP contribution < -0.4 is 5.32 Å². The molecule has 1 aromatic heterocycles. The highest BCUT2D eigenvalue weighted by atomic mass is 16.4. The summed E-state index contributed by atoms with van der Waals surface area (Å²) in [4.78, 5) is 15.5. The molecule has 2 rings (SSSR count). The van der Waals surface area contributed by atoms with Gasteiger partial charge >= 0.3 is 5.97 Å². The molecule has 2 aromatic rings. The Kier molecular flexibility index (Phi) is 4.46. The molecule has 0 bridgehead atoms. The lowest BCUT2D eigenvalue weighted by Gasteiger charge is -2.26. The van der Waals surface area contributed by atoms with Crippen molar-refractivity contribution in [2.75, 3.05) is 5.32 Å². The summed E-state index contributed by atoms with van der Waals surface area (Å²) in [6, 6.07) is 9.79. The van der Waals surface area contributed by atoms with Crippen molar-refractivity contribution in [1.29, 1.82) is 0 Å². The molecule has 0 aliphatic carbocycles. The van der Waals surface area contributed by atoms with Crippen LogP contribution in [0.2, 0.25) is 0 Å². The molecule has 4 nitrogen and oxygen atoms in total. The van der Waals surface area contributed by atoms with Crippen LogP contribution in [0.15, 0.2) is 36.5 Å². The first-order valence-corrected chi connectivity index (χ1v) is 7.17. The Labute approximate surface area is 125 Å². The summed E-state index contributed by atoms with van der Waals surface area (Å²) in [5.41, 5.74) is 0.0533. The van der Waals surface area contributed by atoms with Crippen molar-refractivity contribution >= 4 is 22.6 Å². The minimum atomic E-state index is -0.794. The topological polar surface area (TPSA) is 62.2 Å². The maximum atomic E-state index is 11.1. The Hall–Kier alpha value is -2.10. The zero-order chi connectivity index (χ0) is 15.5. The van der Waals surface area contributed by atoms with Crippen LogP contribution in [0.3, 0.4) is 0 Å². The highest BCUT2D eigenvalue weighted by Gasteiger charge is 2.22. The SMILES string of the molecule is CC(C)(C)CC(CC(=O)O)Nc1nccc2ccccc12. The Morgan fingerprint density at radius 1 is 1.29 bits per heavy atom. The number of fused-ring (bicyclic) bond motifs is 1. The van der Waals surface area contributed by atoms with E-state index in [1.807, 2.05) is 30.3 Å². The number of aromatic nitrogens is 1. The van der Waals surface area contributed by atoms with Crippen molar-refractivity contribution in [3.05, 3.63) is 36.5 Å². The quantitative estimate of drug-likeness (QED) is 0.874. The molecule has 2 N–H and O–H groups in total. The largest absolute Gasteiger partial charge is 0.481 e. The molecule has 1 aromatic carbocycles. The molecule has 112 valence electrons. The fourth-order valence-electron chi connectivity index (χ4n) is 2.55. The van der Waals surface area contributed by atoms with Gasteiger partial charge in [-0.05, 0) is 23.3 Å². The van der Waals surface area contributed by atoms with E-state index in [1.165, 1.54) is 0 Å². The number of rotatable bonds is 5. The molecule has 1 heterocycles. The number of benzene rings is 1. The molecule has 0 saturated carbocycles. The molecule has 0 aliphatic rings. The molecule has 1 unspecified atom stereocenters. The molecule has 1 atom stereocenters. The highest BCUT2D eigenvalue weighted by molar-refractivity contribution is 5.91. The Morgan fingerprint density at radius 2 is 2.00 bits per heavy atom. The number of pyridine rings is 1. The number of hydrogen-bond donors (Lipinski definition) is 2. The van der Waals surface area contributed by atoms with E-state index >= 15 is 0 Å². The zero-order valence-corrected chi connectivity index (χ0v) is 12.8. The molecule has 0 fully saturated rings. The number of carboxylic acid groups (broad SMARTS) is 1. The average Bonchev–Trinajstić information content (AvgIpc) is 2.36. The van der Waals surface area contributed by atoms with Gasteiger partial charge in [-0.1, -0.05) is 45.0 Å². The lowest BCUT2D eigenvalue weighted by Crippen LogP contribution is -2.28. The van der Waals surface area contributed by atoms with E-state index < -0.39 is 5.97 Å². The number of aliphatic carboxylic acids is 1. The van der Waals surface area contributed by atoms with E-state index in [2.05, 4.69) is 31.1 Å². The smallest absolute Gasteiger partial charge is 0.305 e. The third-order valence-electron chi connectivity index (χ3n) is 3.29. The lowest BCUT2D eigenvalue weighted by atomic mass is 9.87. The van der Waals surface area contributed by atoms with E-state index in [-0.39, 0.29) is 17.9 Å². The van der Waals surface area contributed by atoms with Crippen LogP contribution in [-0.4, -0.2) is 22.1 Å². The third kappa shape index (κ3) is 4.45. The summed E-state index contributed by atoms with van der Waals surface area (Å²) >= 11 is 0. The van der Waals surface area contributed by atoms with Gasteiger partial charge in [0.2, 0.25) is 0 Å². The molecule has 0 radical (unpaired) electrons. The Balaban J connectivity index is 2.27. The molecule has 4 heteroatoms. The van der Waals surface area contributed by atoms with Crippen LogP contribution >= 0.6 is 0 Å². The second-order valence-corrected chi connectivity index (χ2v) is 6.58. The maximum absolute atomic E-state index is 11.1. The van der Waals surface area contributed by atoms with E-state index in [4.69, 9.17) is 5.11 Å². The van der Waals surface area contributed by atoms with Gasteiger partial charge in [-0.15, -0.1) is 0 Å². The summed E-state index contributed by atoms with van der Waals surface area (Å²) in [5, 5.41) is 14.5. The van der Waals surface area contributed by atoms with Gasteiger partial charge in [0.15, 0.2) is 0 Å². The fraction of sp³-hybridized carbons (Fsp3) is 0.412. The molecular weight excluding hydrogens is 264 g/mol. The van der Waals surface area contributed by atoms with Crippen LogP contribution in [0.5, 0.6) is 0 Å². The Bertz CT molecular complexity index is 627. The predicted octanol–water partition coefficient (Wildman–Crippen LogP) is 3.93. The van der Waals surface area contributed by atoms with Crippen LogP contribution in [0.1, 0.15) is 33.6 Å². The molecule has 0 amide bonds. The zero-order valence-electron chi connectivity index (χ0n) is 12.8. The molecule has 0 aliphatic heterocycles. The third-order valence-corrected chi connectivity index (χ3v) is 3.29. The fourth-order valence-corrected chi connectivity index (χ4v) is 2.55. The van der Waals surface area contributed by atoms with E-state index in [0.29, 0.717) is 0 Å². The van der Waals surface area contributed by atoms with Crippen molar-refractivity contribution in [2.45, 2.75) is 39.7 Å². The van der Waals surface area contributed by atoms with Gasteiger partial charge in [0.1, 0.15) is 5.82 Å². The van der Waals surface area contributed by atoms with Gasteiger partial charge in [0, 0.05) is 17.6 Å². The summed E-state index contributed by atoms with van der Waals surface area (Å²) in [5.74, 6) is -0.0411. The number of nitrogens with one attached hydrogen (secondary N) is 1. The second-order valence-electron chi connectivity index (χ2n) is 6.58. The monoisotopic (exact) mass is 286 g/mol. The van der Waals surface area contributed by atoms with Crippen molar-refractivity contribution < 1.29 is 9.90 Å². The number of anilines is 1.